The van der Waals surface area contributed by atoms with Crippen molar-refractivity contribution in [3.05, 3.63) is 94.7 Å². The molecule has 0 aliphatic heterocycles. The van der Waals surface area contributed by atoms with Gasteiger partial charge in [-0.15, -0.1) is 11.3 Å². The van der Waals surface area contributed by atoms with Crippen molar-refractivity contribution in [2.24, 2.45) is 0 Å². The Morgan fingerprint density at radius 2 is 2.00 bits per heavy atom. The van der Waals surface area contributed by atoms with Crippen LogP contribution in [0.4, 0.5) is 0 Å². The number of nitrogens with zero attached hydrogens (tertiary/aromatic N) is 4. The SMILES string of the molecule is O=C(N[C@@H](Cc1c[nH]c2ccc(O)cc12)c1cscn1)c1ccc2c(c1)nc(-c1ccccn1)n2C1CCCCC1. The lowest BCUT2D eigenvalue weighted by Gasteiger charge is -2.25. The van der Waals surface area contributed by atoms with E-state index < -0.39 is 0 Å². The number of thiazole rings is 1. The van der Waals surface area contributed by atoms with Gasteiger partial charge >= 0.3 is 0 Å². The molecule has 1 aliphatic carbocycles. The van der Waals surface area contributed by atoms with E-state index in [9.17, 15) is 9.90 Å². The van der Waals surface area contributed by atoms with Gasteiger partial charge < -0.3 is 20.0 Å². The van der Waals surface area contributed by atoms with Crippen LogP contribution in [0.3, 0.4) is 0 Å². The Morgan fingerprint density at radius 3 is 2.80 bits per heavy atom. The van der Waals surface area contributed by atoms with Crippen LogP contribution in [0.5, 0.6) is 5.75 Å². The van der Waals surface area contributed by atoms with Crippen LogP contribution in [0.25, 0.3) is 33.5 Å². The summed E-state index contributed by atoms with van der Waals surface area (Å²) in [6.07, 6.45) is 10.2. The molecule has 9 heteroatoms. The monoisotopic (exact) mass is 562 g/mol. The molecule has 206 valence electrons. The summed E-state index contributed by atoms with van der Waals surface area (Å²) in [6.45, 7) is 0. The van der Waals surface area contributed by atoms with Crippen LogP contribution in [-0.4, -0.2) is 35.5 Å². The van der Waals surface area contributed by atoms with Gasteiger partial charge in [-0.25, -0.2) is 9.97 Å². The molecule has 0 unspecified atom stereocenters. The number of carbonyl (C=O) groups excluding carboxylic acids is 1. The van der Waals surface area contributed by atoms with E-state index >= 15 is 0 Å². The molecule has 0 spiro atoms. The second kappa shape index (κ2) is 10.8. The van der Waals surface area contributed by atoms with Crippen molar-refractivity contribution in [2.75, 3.05) is 0 Å². The first-order chi connectivity index (χ1) is 20.1. The van der Waals surface area contributed by atoms with Crippen LogP contribution in [0, 0.1) is 0 Å². The molecule has 7 rings (SSSR count). The number of aromatic nitrogens is 5. The molecule has 1 aliphatic rings. The minimum Gasteiger partial charge on any atom is -0.508 e. The van der Waals surface area contributed by atoms with Gasteiger partial charge in [-0.1, -0.05) is 25.3 Å². The van der Waals surface area contributed by atoms with E-state index in [1.807, 2.05) is 54.0 Å². The Labute approximate surface area is 241 Å². The van der Waals surface area contributed by atoms with Crippen molar-refractivity contribution in [2.45, 2.75) is 50.6 Å². The third-order valence-electron chi connectivity index (χ3n) is 8.07. The summed E-state index contributed by atoms with van der Waals surface area (Å²) in [5.41, 5.74) is 7.73. The third kappa shape index (κ3) is 4.97. The summed E-state index contributed by atoms with van der Waals surface area (Å²) in [4.78, 5) is 31.1. The number of hydrogen-bond donors (Lipinski definition) is 3. The van der Waals surface area contributed by atoms with Crippen molar-refractivity contribution in [3.8, 4) is 17.3 Å². The minimum absolute atomic E-state index is 0.181. The molecule has 0 radical (unpaired) electrons. The standard InChI is InChI=1S/C32H30N6O2S/c39-23-10-11-25-24(16-23)21(17-34-25)15-27(29-18-41-19-35-29)37-32(40)20-9-12-30-28(14-20)36-31(26-8-4-5-13-33-26)38(30)22-6-2-1-3-7-22/h4-5,8-14,16-19,22,27,34,39H,1-3,6-7,15H2,(H,37,40)/t27-/m0/s1. The van der Waals surface area contributed by atoms with Gasteiger partial charge in [-0.05, 0) is 66.9 Å². The predicted octanol–water partition coefficient (Wildman–Crippen LogP) is 6.96. The maximum atomic E-state index is 13.7. The lowest BCUT2D eigenvalue weighted by atomic mass is 9.95. The topological polar surface area (TPSA) is 109 Å². The van der Waals surface area contributed by atoms with E-state index in [-0.39, 0.29) is 17.7 Å². The first kappa shape index (κ1) is 25.5. The van der Waals surface area contributed by atoms with Crippen LogP contribution in [0.15, 0.2) is 77.9 Å². The minimum atomic E-state index is -0.338. The van der Waals surface area contributed by atoms with E-state index in [2.05, 4.69) is 24.8 Å². The van der Waals surface area contributed by atoms with Crippen molar-refractivity contribution >= 4 is 39.2 Å². The van der Waals surface area contributed by atoms with Crippen LogP contribution < -0.4 is 5.32 Å². The van der Waals surface area contributed by atoms with Gasteiger partial charge in [0.15, 0.2) is 5.82 Å². The zero-order chi connectivity index (χ0) is 27.8. The van der Waals surface area contributed by atoms with Gasteiger partial charge in [0.2, 0.25) is 0 Å². The number of nitrogens with one attached hydrogen (secondary N) is 2. The van der Waals surface area contributed by atoms with Crippen LogP contribution >= 0.6 is 11.3 Å². The zero-order valence-electron chi connectivity index (χ0n) is 22.5. The first-order valence-corrected chi connectivity index (χ1v) is 15.0. The summed E-state index contributed by atoms with van der Waals surface area (Å²) in [6, 6.07) is 17.0. The lowest BCUT2D eigenvalue weighted by Crippen LogP contribution is -2.30. The molecule has 0 bridgehead atoms. The molecular formula is C32H30N6O2S. The van der Waals surface area contributed by atoms with E-state index in [1.165, 1.54) is 30.6 Å². The molecule has 6 aromatic rings. The molecule has 1 saturated carbocycles. The van der Waals surface area contributed by atoms with Crippen molar-refractivity contribution in [1.82, 2.24) is 29.8 Å². The molecule has 3 N–H and O–H groups in total. The highest BCUT2D eigenvalue weighted by Crippen LogP contribution is 2.36. The number of H-pyrrole nitrogens is 1. The van der Waals surface area contributed by atoms with Gasteiger partial charge in [0.25, 0.3) is 5.91 Å². The summed E-state index contributed by atoms with van der Waals surface area (Å²) < 4.78 is 2.34. The molecule has 8 nitrogen and oxygen atoms in total. The number of rotatable bonds is 7. The maximum absolute atomic E-state index is 13.7. The Morgan fingerprint density at radius 1 is 1.10 bits per heavy atom. The van der Waals surface area contributed by atoms with Gasteiger partial charge in [0, 0.05) is 46.7 Å². The number of aromatic hydroxyl groups is 1. The Hall–Kier alpha value is -4.50. The number of imidazole rings is 1. The first-order valence-electron chi connectivity index (χ1n) is 14.1. The number of pyridine rings is 1. The highest BCUT2D eigenvalue weighted by molar-refractivity contribution is 7.07. The highest BCUT2D eigenvalue weighted by atomic mass is 32.1. The summed E-state index contributed by atoms with van der Waals surface area (Å²) in [5, 5.41) is 16.2. The second-order valence-electron chi connectivity index (χ2n) is 10.7. The van der Waals surface area contributed by atoms with Gasteiger partial charge in [0.05, 0.1) is 28.3 Å². The van der Waals surface area contributed by atoms with E-state index in [0.29, 0.717) is 18.0 Å². The van der Waals surface area contributed by atoms with Crippen LogP contribution in [-0.2, 0) is 6.42 Å². The van der Waals surface area contributed by atoms with Crippen LogP contribution in [0.2, 0.25) is 0 Å². The summed E-state index contributed by atoms with van der Waals surface area (Å²) in [5.74, 6) is 0.880. The number of phenolic OH excluding ortho intramolecular Hbond substituents is 1. The number of carbonyl (C=O) groups is 1. The van der Waals surface area contributed by atoms with E-state index in [4.69, 9.17) is 4.98 Å². The number of fused-ring (bicyclic) bond motifs is 2. The second-order valence-corrected chi connectivity index (χ2v) is 11.4. The van der Waals surface area contributed by atoms with E-state index in [0.717, 1.165) is 57.6 Å². The lowest BCUT2D eigenvalue weighted by molar-refractivity contribution is 0.0936. The fourth-order valence-corrected chi connectivity index (χ4v) is 6.65. The Bertz CT molecular complexity index is 1820. The third-order valence-corrected chi connectivity index (χ3v) is 8.68. The molecule has 41 heavy (non-hydrogen) atoms. The van der Waals surface area contributed by atoms with Crippen molar-refractivity contribution < 1.29 is 9.90 Å². The van der Waals surface area contributed by atoms with E-state index in [1.54, 1.807) is 23.8 Å². The molecule has 1 fully saturated rings. The Kier molecular flexibility index (Phi) is 6.72. The smallest absolute Gasteiger partial charge is 0.251 e. The summed E-state index contributed by atoms with van der Waals surface area (Å²) in [7, 11) is 0. The van der Waals surface area contributed by atoms with Crippen LogP contribution in [0.1, 0.15) is 65.8 Å². The summed E-state index contributed by atoms with van der Waals surface area (Å²) >= 11 is 1.50. The average Bonchev–Trinajstić information content (AvgIpc) is 3.76. The number of aromatic amines is 1. The highest BCUT2D eigenvalue weighted by Gasteiger charge is 2.25. The molecule has 4 heterocycles. The molecule has 1 amide bonds. The van der Waals surface area contributed by atoms with Gasteiger partial charge in [-0.3, -0.25) is 9.78 Å². The number of benzene rings is 2. The normalized spacial score (nSPS) is 14.9. The average molecular weight is 563 g/mol. The largest absolute Gasteiger partial charge is 0.508 e. The van der Waals surface area contributed by atoms with Gasteiger partial charge in [0.1, 0.15) is 11.4 Å². The number of amides is 1. The fraction of sp³-hybridized carbons (Fsp3) is 0.250. The molecular weight excluding hydrogens is 532 g/mol. The zero-order valence-corrected chi connectivity index (χ0v) is 23.3. The number of hydrogen-bond acceptors (Lipinski definition) is 6. The molecule has 4 aromatic heterocycles. The molecule has 1 atom stereocenters. The van der Waals surface area contributed by atoms with Crippen molar-refractivity contribution in [3.63, 3.8) is 0 Å². The quantitative estimate of drug-likeness (QED) is 0.195. The number of phenols is 1. The van der Waals surface area contributed by atoms with Gasteiger partial charge in [-0.2, -0.15) is 0 Å². The molecule has 0 saturated heterocycles. The fourth-order valence-electron chi connectivity index (χ4n) is 6.04. The molecule has 2 aromatic carbocycles. The Balaban J connectivity index is 1.22. The maximum Gasteiger partial charge on any atom is 0.251 e. The predicted molar refractivity (Wildman–Crippen MR) is 161 cm³/mol. The van der Waals surface area contributed by atoms with Crippen molar-refractivity contribution in [1.29, 1.82) is 0 Å².